The van der Waals surface area contributed by atoms with Gasteiger partial charge < -0.3 is 14.6 Å². The van der Waals surface area contributed by atoms with Gasteiger partial charge in [-0.3, -0.25) is 14.9 Å². The quantitative estimate of drug-likeness (QED) is 0.538. The van der Waals surface area contributed by atoms with E-state index >= 15 is 0 Å². The number of nitrogens with zero attached hydrogens (tertiary/aromatic N) is 3. The van der Waals surface area contributed by atoms with E-state index in [1.807, 2.05) is 29.2 Å². The predicted molar refractivity (Wildman–Crippen MR) is 104 cm³/mol. The first-order valence-corrected chi connectivity index (χ1v) is 9.22. The number of amides is 1. The molecule has 28 heavy (non-hydrogen) atoms. The van der Waals surface area contributed by atoms with Crippen LogP contribution in [-0.2, 0) is 11.3 Å². The smallest absolute Gasteiger partial charge is 0.298 e. The number of carbonyl (C=O) groups excluding carboxylic acids is 1. The Morgan fingerprint density at radius 2 is 1.89 bits per heavy atom. The van der Waals surface area contributed by atoms with Gasteiger partial charge in [-0.2, -0.15) is 4.98 Å². The van der Waals surface area contributed by atoms with Gasteiger partial charge in [0.15, 0.2) is 5.58 Å². The molecule has 0 unspecified atom stereocenters. The van der Waals surface area contributed by atoms with Crippen LogP contribution in [0.5, 0.6) is 0 Å². The van der Waals surface area contributed by atoms with Crippen LogP contribution in [0.3, 0.4) is 0 Å². The Balaban J connectivity index is 1.33. The van der Waals surface area contributed by atoms with E-state index in [0.717, 1.165) is 11.1 Å². The van der Waals surface area contributed by atoms with Gasteiger partial charge in [-0.25, -0.2) is 0 Å². The third-order valence-electron chi connectivity index (χ3n) is 5.06. The number of fused-ring (bicyclic) bond motifs is 1. The maximum absolute atomic E-state index is 12.5. The number of hydrogen-bond acceptors (Lipinski definition) is 6. The van der Waals surface area contributed by atoms with E-state index in [2.05, 4.69) is 10.3 Å². The Bertz CT molecular complexity index is 975. The molecule has 144 valence electrons. The highest BCUT2D eigenvalue weighted by atomic mass is 16.6. The summed E-state index contributed by atoms with van der Waals surface area (Å²) in [7, 11) is 0. The third kappa shape index (κ3) is 3.66. The van der Waals surface area contributed by atoms with Crippen molar-refractivity contribution in [3.05, 3.63) is 64.2 Å². The number of nitro groups is 1. The summed E-state index contributed by atoms with van der Waals surface area (Å²) in [4.78, 5) is 29.7. The normalized spacial score (nSPS) is 14.9. The fraction of sp³-hybridized carbons (Fsp3) is 0.300. The van der Waals surface area contributed by atoms with Crippen LogP contribution in [0.15, 0.2) is 52.9 Å². The molecule has 1 aliphatic rings. The van der Waals surface area contributed by atoms with Crippen molar-refractivity contribution in [2.24, 2.45) is 5.92 Å². The Morgan fingerprint density at radius 3 is 2.64 bits per heavy atom. The summed E-state index contributed by atoms with van der Waals surface area (Å²) in [5.41, 5.74) is 2.10. The molecule has 0 atom stereocenters. The summed E-state index contributed by atoms with van der Waals surface area (Å²) in [6.07, 6.45) is 1.36. The van der Waals surface area contributed by atoms with Crippen molar-refractivity contribution in [1.29, 1.82) is 0 Å². The molecule has 0 aliphatic carbocycles. The van der Waals surface area contributed by atoms with E-state index in [-0.39, 0.29) is 24.1 Å². The predicted octanol–water partition coefficient (Wildman–Crippen LogP) is 3.27. The monoisotopic (exact) mass is 380 g/mol. The minimum atomic E-state index is -0.430. The van der Waals surface area contributed by atoms with Crippen molar-refractivity contribution in [3.63, 3.8) is 0 Å². The molecule has 1 amide bonds. The fourth-order valence-electron chi connectivity index (χ4n) is 3.49. The van der Waals surface area contributed by atoms with E-state index in [4.69, 9.17) is 4.42 Å². The zero-order chi connectivity index (χ0) is 19.5. The molecule has 1 aromatic heterocycles. The molecule has 8 nitrogen and oxygen atoms in total. The van der Waals surface area contributed by atoms with Crippen molar-refractivity contribution >= 4 is 28.7 Å². The number of benzene rings is 2. The van der Waals surface area contributed by atoms with Gasteiger partial charge in [-0.15, -0.1) is 0 Å². The number of nitrogens with one attached hydrogen (secondary N) is 1. The van der Waals surface area contributed by atoms with Crippen LogP contribution >= 0.6 is 0 Å². The third-order valence-corrected chi connectivity index (χ3v) is 5.06. The molecule has 8 heteroatoms. The zero-order valence-electron chi connectivity index (χ0n) is 15.2. The molecule has 0 radical (unpaired) electrons. The van der Waals surface area contributed by atoms with Crippen molar-refractivity contribution < 1.29 is 14.1 Å². The lowest BCUT2D eigenvalue weighted by Gasteiger charge is -2.30. The van der Waals surface area contributed by atoms with Crippen LogP contribution in [0.25, 0.3) is 11.1 Å². The van der Waals surface area contributed by atoms with E-state index in [1.54, 1.807) is 18.2 Å². The minimum Gasteiger partial charge on any atom is -0.423 e. The molecule has 1 N–H and O–H groups in total. The summed E-state index contributed by atoms with van der Waals surface area (Å²) in [5, 5.41) is 13.9. The fourth-order valence-corrected chi connectivity index (χ4v) is 3.49. The SMILES string of the molecule is O=C(NCc1ccccc1[N+](=O)[O-])C1CCN(c2nc3ccccc3o2)CC1. The molecule has 2 heterocycles. The molecule has 0 saturated carbocycles. The Morgan fingerprint density at radius 1 is 1.18 bits per heavy atom. The van der Waals surface area contributed by atoms with Gasteiger partial charge in [-0.1, -0.05) is 30.3 Å². The first-order valence-electron chi connectivity index (χ1n) is 9.22. The number of hydrogen-bond donors (Lipinski definition) is 1. The Kier molecular flexibility index (Phi) is 4.92. The van der Waals surface area contributed by atoms with Crippen molar-refractivity contribution in [2.75, 3.05) is 18.0 Å². The highest BCUT2D eigenvalue weighted by Crippen LogP contribution is 2.26. The lowest BCUT2D eigenvalue weighted by molar-refractivity contribution is -0.385. The van der Waals surface area contributed by atoms with Gasteiger partial charge in [-0.05, 0) is 25.0 Å². The van der Waals surface area contributed by atoms with Crippen LogP contribution in [0.1, 0.15) is 18.4 Å². The average molecular weight is 380 g/mol. The Labute approximate surface area is 161 Å². The molecule has 1 saturated heterocycles. The van der Waals surface area contributed by atoms with Crippen molar-refractivity contribution in [1.82, 2.24) is 10.3 Å². The van der Waals surface area contributed by atoms with Gasteiger partial charge in [0.05, 0.1) is 4.92 Å². The van der Waals surface area contributed by atoms with E-state index in [9.17, 15) is 14.9 Å². The highest BCUT2D eigenvalue weighted by Gasteiger charge is 2.27. The summed E-state index contributed by atoms with van der Waals surface area (Å²) in [5.74, 6) is -0.196. The largest absolute Gasteiger partial charge is 0.423 e. The maximum Gasteiger partial charge on any atom is 0.298 e. The van der Waals surface area contributed by atoms with Crippen LogP contribution in [0.4, 0.5) is 11.7 Å². The first-order chi connectivity index (χ1) is 13.6. The van der Waals surface area contributed by atoms with E-state index in [1.165, 1.54) is 6.07 Å². The minimum absolute atomic E-state index is 0.0218. The second-order valence-corrected chi connectivity index (χ2v) is 6.83. The van der Waals surface area contributed by atoms with Gasteiger partial charge in [0, 0.05) is 37.2 Å². The van der Waals surface area contributed by atoms with E-state index in [0.29, 0.717) is 37.5 Å². The number of piperidine rings is 1. The van der Waals surface area contributed by atoms with Crippen LogP contribution < -0.4 is 10.2 Å². The number of oxazole rings is 1. The lowest BCUT2D eigenvalue weighted by atomic mass is 9.96. The number of anilines is 1. The van der Waals surface area contributed by atoms with Gasteiger partial charge in [0.2, 0.25) is 5.91 Å². The van der Waals surface area contributed by atoms with Crippen LogP contribution in [0, 0.1) is 16.0 Å². The topological polar surface area (TPSA) is 102 Å². The van der Waals surface area contributed by atoms with Gasteiger partial charge >= 0.3 is 0 Å². The molecule has 2 aromatic carbocycles. The number of para-hydroxylation sites is 3. The number of nitro benzene ring substituents is 1. The van der Waals surface area contributed by atoms with Gasteiger partial charge in [0.25, 0.3) is 11.7 Å². The highest BCUT2D eigenvalue weighted by molar-refractivity contribution is 5.79. The molecule has 0 spiro atoms. The molecule has 1 aliphatic heterocycles. The van der Waals surface area contributed by atoms with Crippen molar-refractivity contribution in [2.45, 2.75) is 19.4 Å². The lowest BCUT2D eigenvalue weighted by Crippen LogP contribution is -2.40. The second-order valence-electron chi connectivity index (χ2n) is 6.83. The summed E-state index contributed by atoms with van der Waals surface area (Å²) in [6.45, 7) is 1.51. The summed E-state index contributed by atoms with van der Waals surface area (Å²) in [6, 6.07) is 14.7. The Hall–Kier alpha value is -3.42. The number of rotatable bonds is 5. The molecule has 4 rings (SSSR count). The molecular formula is C20H20N4O4. The van der Waals surface area contributed by atoms with Crippen LogP contribution in [-0.4, -0.2) is 28.9 Å². The summed E-state index contributed by atoms with van der Waals surface area (Å²) >= 11 is 0. The molecule has 1 fully saturated rings. The number of carbonyl (C=O) groups is 1. The zero-order valence-corrected chi connectivity index (χ0v) is 15.2. The summed E-state index contributed by atoms with van der Waals surface area (Å²) < 4.78 is 5.79. The standard InChI is InChI=1S/C20H20N4O4/c25-19(21-13-15-5-1-3-7-17(15)24(26)27)14-9-11-23(12-10-14)20-22-16-6-2-4-8-18(16)28-20/h1-8,14H,9-13H2,(H,21,25). The maximum atomic E-state index is 12.5. The molecular weight excluding hydrogens is 360 g/mol. The molecule has 3 aromatic rings. The molecule has 0 bridgehead atoms. The second kappa shape index (κ2) is 7.67. The van der Waals surface area contributed by atoms with Crippen molar-refractivity contribution in [3.8, 4) is 0 Å². The van der Waals surface area contributed by atoms with E-state index < -0.39 is 4.92 Å². The van der Waals surface area contributed by atoms with Crippen LogP contribution in [0.2, 0.25) is 0 Å². The average Bonchev–Trinajstić information content (AvgIpc) is 3.16. The first kappa shape index (κ1) is 18.0. The number of aromatic nitrogens is 1. The van der Waals surface area contributed by atoms with Gasteiger partial charge in [0.1, 0.15) is 5.52 Å².